The molecule has 6 heteroatoms. The van der Waals surface area contributed by atoms with E-state index in [-0.39, 0.29) is 0 Å². The number of unbranched alkanes of at least 4 members (excludes halogenated alkanes) is 5. The van der Waals surface area contributed by atoms with Crippen molar-refractivity contribution in [1.29, 1.82) is 0 Å². The summed E-state index contributed by atoms with van der Waals surface area (Å²) in [5, 5.41) is 0. The second-order valence-corrected chi connectivity index (χ2v) is 10.7. The highest BCUT2D eigenvalue weighted by atomic mass is 79.9. The first kappa shape index (κ1) is 30.4. The van der Waals surface area contributed by atoms with E-state index in [2.05, 4.69) is 29.8 Å². The van der Waals surface area contributed by atoms with Crippen LogP contribution in [0.1, 0.15) is 86.4 Å². The minimum atomic E-state index is -0.479. The third-order valence-corrected chi connectivity index (χ3v) is 7.26. The molecule has 0 N–H and O–H groups in total. The Hall–Kier alpha value is -3.12. The average Bonchev–Trinajstić information content (AvgIpc) is 2.96. The van der Waals surface area contributed by atoms with E-state index in [1.165, 1.54) is 32.1 Å². The predicted molar refractivity (Wildman–Crippen MR) is 160 cm³/mol. The first-order chi connectivity index (χ1) is 18.9. The summed E-state index contributed by atoms with van der Waals surface area (Å²) in [6, 6.07) is 20.1. The minimum Gasteiger partial charge on any atom is -0.494 e. The minimum absolute atomic E-state index is 0.303. The van der Waals surface area contributed by atoms with Crippen LogP contribution >= 0.6 is 15.9 Å². The molecule has 1 atom stereocenters. The van der Waals surface area contributed by atoms with E-state index in [1.54, 1.807) is 30.3 Å². The van der Waals surface area contributed by atoms with Crippen molar-refractivity contribution in [1.82, 2.24) is 0 Å². The molecule has 3 aromatic carbocycles. The smallest absolute Gasteiger partial charge is 0.343 e. The van der Waals surface area contributed by atoms with E-state index < -0.39 is 11.9 Å². The van der Waals surface area contributed by atoms with Gasteiger partial charge in [-0.05, 0) is 81.9 Å². The van der Waals surface area contributed by atoms with Gasteiger partial charge >= 0.3 is 11.9 Å². The summed E-state index contributed by atoms with van der Waals surface area (Å²) in [5.74, 6) is 0.624. The Balaban J connectivity index is 1.51. The van der Waals surface area contributed by atoms with Gasteiger partial charge in [-0.2, -0.15) is 0 Å². The molecule has 0 fully saturated rings. The number of esters is 2. The maximum atomic E-state index is 12.7. The van der Waals surface area contributed by atoms with Crippen LogP contribution in [-0.4, -0.2) is 25.2 Å². The zero-order valence-electron chi connectivity index (χ0n) is 23.2. The molecule has 0 aliphatic carbocycles. The first-order valence-corrected chi connectivity index (χ1v) is 14.7. The first-order valence-electron chi connectivity index (χ1n) is 13.9. The Morgan fingerprint density at radius 2 is 1.38 bits per heavy atom. The summed E-state index contributed by atoms with van der Waals surface area (Å²) in [6.07, 6.45) is 8.39. The molecule has 0 spiro atoms. The zero-order valence-corrected chi connectivity index (χ0v) is 24.8. The van der Waals surface area contributed by atoms with Gasteiger partial charge in [0.25, 0.3) is 0 Å². The van der Waals surface area contributed by atoms with Gasteiger partial charge in [0.15, 0.2) is 0 Å². The van der Waals surface area contributed by atoms with Crippen molar-refractivity contribution in [3.05, 3.63) is 82.3 Å². The van der Waals surface area contributed by atoms with Gasteiger partial charge in [0.2, 0.25) is 0 Å². The predicted octanol–water partition coefficient (Wildman–Crippen LogP) is 9.28. The SMILES string of the molecule is CCCCCCCCOc1ccc(-c2ccc(C(=O)Oc3ccc(C(=O)OC[C@@H](C)CC)cc3Br)cc2)cc1. The molecule has 5 nitrogen and oxygen atoms in total. The van der Waals surface area contributed by atoms with E-state index in [4.69, 9.17) is 14.2 Å². The fraction of sp³-hybridized carbons (Fsp3) is 0.394. The molecule has 3 aromatic rings. The van der Waals surface area contributed by atoms with E-state index in [0.29, 0.717) is 33.9 Å². The van der Waals surface area contributed by atoms with Gasteiger partial charge in [-0.1, -0.05) is 83.6 Å². The summed E-state index contributed by atoms with van der Waals surface area (Å²) in [4.78, 5) is 25.0. The molecular weight excluding hydrogens is 556 g/mol. The molecule has 0 unspecified atom stereocenters. The normalized spacial score (nSPS) is 11.6. The van der Waals surface area contributed by atoms with E-state index in [1.807, 2.05) is 43.3 Å². The maximum Gasteiger partial charge on any atom is 0.343 e. The standard InChI is InChI=1S/C33H39BrO5/c1-4-6-7-8-9-10-21-37-29-18-15-26(16-19-29)25-11-13-27(14-12-25)33(36)39-31-20-17-28(22-30(31)34)32(35)38-23-24(3)5-2/h11-20,22,24H,4-10,21,23H2,1-3H3/t24-/m0/s1. The maximum absolute atomic E-state index is 12.7. The number of carbonyl (C=O) groups is 2. The van der Waals surface area contributed by atoms with Crippen molar-refractivity contribution < 1.29 is 23.8 Å². The summed E-state index contributed by atoms with van der Waals surface area (Å²) >= 11 is 3.40. The second kappa shape index (κ2) is 16.1. The molecule has 0 amide bonds. The molecular formula is C33H39BrO5. The monoisotopic (exact) mass is 594 g/mol. The zero-order chi connectivity index (χ0) is 28.0. The Bertz CT molecular complexity index is 1190. The lowest BCUT2D eigenvalue weighted by Gasteiger charge is -2.11. The average molecular weight is 596 g/mol. The molecule has 0 saturated carbocycles. The molecule has 3 rings (SSSR count). The van der Waals surface area contributed by atoms with Gasteiger partial charge < -0.3 is 14.2 Å². The highest BCUT2D eigenvalue weighted by Crippen LogP contribution is 2.28. The van der Waals surface area contributed by atoms with Crippen LogP contribution in [-0.2, 0) is 4.74 Å². The van der Waals surface area contributed by atoms with Crippen LogP contribution in [0, 0.1) is 5.92 Å². The Morgan fingerprint density at radius 3 is 2.03 bits per heavy atom. The summed E-state index contributed by atoms with van der Waals surface area (Å²) in [7, 11) is 0. The number of carbonyl (C=O) groups excluding carboxylic acids is 2. The van der Waals surface area contributed by atoms with Crippen molar-refractivity contribution in [2.24, 2.45) is 5.92 Å². The molecule has 0 heterocycles. The highest BCUT2D eigenvalue weighted by Gasteiger charge is 2.15. The molecule has 0 radical (unpaired) electrons. The third kappa shape index (κ3) is 9.85. The molecule has 39 heavy (non-hydrogen) atoms. The molecule has 0 aromatic heterocycles. The quantitative estimate of drug-likeness (QED) is 0.0996. The lowest BCUT2D eigenvalue weighted by Crippen LogP contribution is -2.12. The topological polar surface area (TPSA) is 61.8 Å². The lowest BCUT2D eigenvalue weighted by atomic mass is 10.0. The Kier molecular flexibility index (Phi) is 12.6. The van der Waals surface area contributed by atoms with Crippen LogP contribution in [0.2, 0.25) is 0 Å². The van der Waals surface area contributed by atoms with E-state index in [0.717, 1.165) is 36.3 Å². The van der Waals surface area contributed by atoms with Gasteiger partial charge in [0, 0.05) is 0 Å². The van der Waals surface area contributed by atoms with Gasteiger partial charge in [0.1, 0.15) is 11.5 Å². The number of halogens is 1. The number of benzene rings is 3. The second-order valence-electron chi connectivity index (χ2n) is 9.86. The number of hydrogen-bond donors (Lipinski definition) is 0. The lowest BCUT2D eigenvalue weighted by molar-refractivity contribution is 0.0447. The van der Waals surface area contributed by atoms with E-state index in [9.17, 15) is 9.59 Å². The van der Waals surface area contributed by atoms with Crippen LogP contribution in [0.15, 0.2) is 71.2 Å². The van der Waals surface area contributed by atoms with Crippen LogP contribution in [0.4, 0.5) is 0 Å². The van der Waals surface area contributed by atoms with Crippen molar-refractivity contribution in [2.45, 2.75) is 65.7 Å². The molecule has 0 bridgehead atoms. The summed E-state index contributed by atoms with van der Waals surface area (Å²) in [5.41, 5.74) is 2.87. The van der Waals surface area contributed by atoms with Crippen molar-refractivity contribution in [3.8, 4) is 22.6 Å². The highest BCUT2D eigenvalue weighted by molar-refractivity contribution is 9.10. The molecule has 0 aliphatic heterocycles. The summed E-state index contributed by atoms with van der Waals surface area (Å²) < 4.78 is 17.3. The molecule has 208 valence electrons. The van der Waals surface area contributed by atoms with Crippen molar-refractivity contribution in [3.63, 3.8) is 0 Å². The van der Waals surface area contributed by atoms with Crippen LogP contribution < -0.4 is 9.47 Å². The van der Waals surface area contributed by atoms with Gasteiger partial charge in [-0.3, -0.25) is 0 Å². The van der Waals surface area contributed by atoms with Gasteiger partial charge in [0.05, 0.1) is 28.8 Å². The number of ether oxygens (including phenoxy) is 3. The summed E-state index contributed by atoms with van der Waals surface area (Å²) in [6.45, 7) is 7.42. The molecule has 0 saturated heterocycles. The van der Waals surface area contributed by atoms with Gasteiger partial charge in [-0.25, -0.2) is 9.59 Å². The molecule has 0 aliphatic rings. The van der Waals surface area contributed by atoms with E-state index >= 15 is 0 Å². The number of rotatable bonds is 15. The Morgan fingerprint density at radius 1 is 0.769 bits per heavy atom. The third-order valence-electron chi connectivity index (χ3n) is 6.64. The van der Waals surface area contributed by atoms with Crippen LogP contribution in [0.3, 0.4) is 0 Å². The fourth-order valence-corrected chi connectivity index (χ4v) is 4.36. The van der Waals surface area contributed by atoms with Crippen molar-refractivity contribution >= 4 is 27.9 Å². The largest absolute Gasteiger partial charge is 0.494 e. The number of hydrogen-bond acceptors (Lipinski definition) is 5. The Labute approximate surface area is 241 Å². The van der Waals surface area contributed by atoms with Crippen LogP contribution in [0.5, 0.6) is 11.5 Å². The van der Waals surface area contributed by atoms with Gasteiger partial charge in [-0.15, -0.1) is 0 Å². The fourth-order valence-electron chi connectivity index (χ4n) is 3.90. The van der Waals surface area contributed by atoms with Crippen LogP contribution in [0.25, 0.3) is 11.1 Å². The van der Waals surface area contributed by atoms with Crippen molar-refractivity contribution in [2.75, 3.05) is 13.2 Å².